The van der Waals surface area contributed by atoms with Crippen molar-refractivity contribution < 1.29 is 30.7 Å². The molecule has 1 saturated heterocycles. The van der Waals surface area contributed by atoms with Gasteiger partial charge in [0.1, 0.15) is 18.2 Å². The average Bonchev–Trinajstić information content (AvgIpc) is 3.05. The summed E-state index contributed by atoms with van der Waals surface area (Å²) in [6.07, 6.45) is 0.346. The van der Waals surface area contributed by atoms with Gasteiger partial charge >= 0.3 is 0 Å². The SMILES string of the molecule is CCOCCOc1ccc(S(=O)(=O)N2CCCN(S(=O)(=O)c3ccc(F)cc3)CC2)cc1. The molecule has 0 bridgehead atoms. The van der Waals surface area contributed by atoms with Crippen LogP contribution < -0.4 is 4.74 Å². The van der Waals surface area contributed by atoms with Crippen LogP contribution in [0.25, 0.3) is 0 Å². The Morgan fingerprint density at radius 1 is 0.781 bits per heavy atom. The van der Waals surface area contributed by atoms with Crippen LogP contribution in [0, 0.1) is 5.82 Å². The lowest BCUT2D eigenvalue weighted by atomic mass is 10.3. The molecule has 32 heavy (non-hydrogen) atoms. The van der Waals surface area contributed by atoms with Gasteiger partial charge in [-0.05, 0) is 61.9 Å². The second-order valence-corrected chi connectivity index (χ2v) is 11.0. The summed E-state index contributed by atoms with van der Waals surface area (Å²) < 4.78 is 78.2. The normalized spacial score (nSPS) is 16.6. The zero-order chi connectivity index (χ0) is 23.2. The van der Waals surface area contributed by atoms with E-state index in [1.807, 2.05) is 6.92 Å². The number of rotatable bonds is 9. The minimum Gasteiger partial charge on any atom is -0.491 e. The van der Waals surface area contributed by atoms with Crippen molar-refractivity contribution in [3.8, 4) is 5.75 Å². The quantitative estimate of drug-likeness (QED) is 0.505. The second-order valence-electron chi connectivity index (χ2n) is 7.13. The monoisotopic (exact) mass is 486 g/mol. The Kier molecular flexibility index (Phi) is 8.23. The number of benzene rings is 2. The van der Waals surface area contributed by atoms with E-state index in [0.29, 0.717) is 32.0 Å². The topological polar surface area (TPSA) is 93.2 Å². The number of ether oxygens (including phenoxy) is 2. The van der Waals surface area contributed by atoms with Crippen molar-refractivity contribution in [1.82, 2.24) is 8.61 Å². The van der Waals surface area contributed by atoms with Crippen LogP contribution in [-0.4, -0.2) is 71.4 Å². The Labute approximate surface area is 188 Å². The van der Waals surface area contributed by atoms with Crippen molar-refractivity contribution in [1.29, 1.82) is 0 Å². The van der Waals surface area contributed by atoms with Crippen LogP contribution in [0.15, 0.2) is 58.3 Å². The molecule has 8 nitrogen and oxygen atoms in total. The van der Waals surface area contributed by atoms with E-state index < -0.39 is 25.9 Å². The van der Waals surface area contributed by atoms with Gasteiger partial charge in [-0.15, -0.1) is 0 Å². The molecule has 2 aromatic rings. The summed E-state index contributed by atoms with van der Waals surface area (Å²) in [5.41, 5.74) is 0. The molecule has 0 aliphatic carbocycles. The Hall–Kier alpha value is -2.05. The number of hydrogen-bond acceptors (Lipinski definition) is 6. The first-order valence-electron chi connectivity index (χ1n) is 10.3. The largest absolute Gasteiger partial charge is 0.491 e. The average molecular weight is 487 g/mol. The zero-order valence-electron chi connectivity index (χ0n) is 17.8. The van der Waals surface area contributed by atoms with Crippen LogP contribution in [-0.2, 0) is 24.8 Å². The zero-order valence-corrected chi connectivity index (χ0v) is 19.4. The molecule has 176 valence electrons. The third kappa shape index (κ3) is 5.84. The highest BCUT2D eigenvalue weighted by molar-refractivity contribution is 7.89. The van der Waals surface area contributed by atoms with Gasteiger partial charge in [0.25, 0.3) is 0 Å². The minimum absolute atomic E-state index is 0.0115. The number of sulfonamides is 2. The first-order chi connectivity index (χ1) is 15.2. The fraction of sp³-hybridized carbons (Fsp3) is 0.429. The fourth-order valence-corrected chi connectivity index (χ4v) is 6.27. The summed E-state index contributed by atoms with van der Waals surface area (Å²) in [7, 11) is -7.62. The standard InChI is InChI=1S/C21H27FN2O6S2/c1-2-29-16-17-30-19-6-10-21(11-7-19)32(27,28)24-13-3-12-23(14-15-24)31(25,26)20-8-4-18(22)5-9-20/h4-11H,2-3,12-17H2,1H3. The molecular weight excluding hydrogens is 459 g/mol. The van der Waals surface area contributed by atoms with Gasteiger partial charge < -0.3 is 9.47 Å². The molecule has 0 radical (unpaired) electrons. The van der Waals surface area contributed by atoms with Gasteiger partial charge in [0, 0.05) is 32.8 Å². The first kappa shape index (κ1) is 24.6. The molecule has 3 rings (SSSR count). The summed E-state index contributed by atoms with van der Waals surface area (Å²) >= 11 is 0. The van der Waals surface area contributed by atoms with Crippen molar-refractivity contribution in [3.63, 3.8) is 0 Å². The van der Waals surface area contributed by atoms with E-state index >= 15 is 0 Å². The van der Waals surface area contributed by atoms with Gasteiger partial charge in [0.15, 0.2) is 0 Å². The maximum atomic E-state index is 13.1. The maximum Gasteiger partial charge on any atom is 0.243 e. The Bertz CT molecular complexity index is 1090. The van der Waals surface area contributed by atoms with Crippen LogP contribution in [0.4, 0.5) is 4.39 Å². The van der Waals surface area contributed by atoms with Crippen molar-refractivity contribution in [2.75, 3.05) is 46.0 Å². The van der Waals surface area contributed by atoms with Gasteiger partial charge in [-0.3, -0.25) is 0 Å². The number of halogens is 1. The van der Waals surface area contributed by atoms with Crippen LogP contribution in [0.3, 0.4) is 0 Å². The molecule has 1 aliphatic heterocycles. The predicted octanol–water partition coefficient (Wildman–Crippen LogP) is 2.33. The molecule has 0 atom stereocenters. The van der Waals surface area contributed by atoms with Crippen molar-refractivity contribution in [3.05, 3.63) is 54.3 Å². The van der Waals surface area contributed by atoms with Crippen LogP contribution >= 0.6 is 0 Å². The predicted molar refractivity (Wildman–Crippen MR) is 117 cm³/mol. The molecule has 0 saturated carbocycles. The van der Waals surface area contributed by atoms with E-state index in [2.05, 4.69) is 0 Å². The lowest BCUT2D eigenvalue weighted by molar-refractivity contribution is 0.110. The van der Waals surface area contributed by atoms with Crippen LogP contribution in [0.5, 0.6) is 5.75 Å². The third-order valence-corrected chi connectivity index (χ3v) is 8.85. The lowest BCUT2D eigenvalue weighted by Gasteiger charge is -2.22. The second kappa shape index (κ2) is 10.7. The third-order valence-electron chi connectivity index (χ3n) is 5.03. The first-order valence-corrected chi connectivity index (χ1v) is 13.2. The molecule has 1 fully saturated rings. The molecule has 0 unspecified atom stereocenters. The highest BCUT2D eigenvalue weighted by Crippen LogP contribution is 2.23. The van der Waals surface area contributed by atoms with Gasteiger partial charge in [-0.1, -0.05) is 0 Å². The molecule has 0 amide bonds. The van der Waals surface area contributed by atoms with Crippen LogP contribution in [0.2, 0.25) is 0 Å². The molecule has 2 aromatic carbocycles. The summed E-state index contributed by atoms with van der Waals surface area (Å²) in [6.45, 7) is 3.71. The Balaban J connectivity index is 1.66. The summed E-state index contributed by atoms with van der Waals surface area (Å²) in [5.74, 6) is 0.0129. The summed E-state index contributed by atoms with van der Waals surface area (Å²) in [6, 6.07) is 10.7. The van der Waals surface area contributed by atoms with E-state index in [1.54, 1.807) is 12.1 Å². The molecule has 0 aromatic heterocycles. The van der Waals surface area contributed by atoms with E-state index in [9.17, 15) is 21.2 Å². The van der Waals surface area contributed by atoms with Gasteiger partial charge in [-0.2, -0.15) is 8.61 Å². The van der Waals surface area contributed by atoms with Crippen molar-refractivity contribution >= 4 is 20.0 Å². The molecule has 1 aliphatic rings. The number of hydrogen-bond donors (Lipinski definition) is 0. The van der Waals surface area contributed by atoms with E-state index in [-0.39, 0.29) is 36.0 Å². The molecule has 0 spiro atoms. The highest BCUT2D eigenvalue weighted by Gasteiger charge is 2.31. The van der Waals surface area contributed by atoms with Crippen LogP contribution in [0.1, 0.15) is 13.3 Å². The Morgan fingerprint density at radius 2 is 1.28 bits per heavy atom. The van der Waals surface area contributed by atoms with Gasteiger partial charge in [-0.25, -0.2) is 21.2 Å². The lowest BCUT2D eigenvalue weighted by Crippen LogP contribution is -2.37. The van der Waals surface area contributed by atoms with E-state index in [0.717, 1.165) is 12.1 Å². The molecule has 1 heterocycles. The van der Waals surface area contributed by atoms with Crippen molar-refractivity contribution in [2.24, 2.45) is 0 Å². The minimum atomic E-state index is -3.84. The summed E-state index contributed by atoms with van der Waals surface area (Å²) in [4.78, 5) is 0.0969. The van der Waals surface area contributed by atoms with E-state index in [1.165, 1.54) is 32.9 Å². The molecule has 11 heteroatoms. The maximum absolute atomic E-state index is 13.1. The molecular formula is C21H27FN2O6S2. The van der Waals surface area contributed by atoms with Crippen molar-refractivity contribution in [2.45, 2.75) is 23.1 Å². The molecule has 0 N–H and O–H groups in total. The summed E-state index contributed by atoms with van der Waals surface area (Å²) in [5, 5.41) is 0. The number of nitrogens with zero attached hydrogens (tertiary/aromatic N) is 2. The Morgan fingerprint density at radius 3 is 1.78 bits per heavy atom. The highest BCUT2D eigenvalue weighted by atomic mass is 32.2. The van der Waals surface area contributed by atoms with Gasteiger partial charge in [0.05, 0.1) is 16.4 Å². The smallest absolute Gasteiger partial charge is 0.243 e. The fourth-order valence-electron chi connectivity index (χ4n) is 3.33. The van der Waals surface area contributed by atoms with Gasteiger partial charge in [0.2, 0.25) is 20.0 Å². The van der Waals surface area contributed by atoms with E-state index in [4.69, 9.17) is 9.47 Å².